The van der Waals surface area contributed by atoms with Crippen LogP contribution < -0.4 is 5.56 Å². The van der Waals surface area contributed by atoms with E-state index in [-0.39, 0.29) is 5.56 Å². The Morgan fingerprint density at radius 2 is 1.96 bits per heavy atom. The van der Waals surface area contributed by atoms with Crippen LogP contribution in [-0.4, -0.2) is 15.9 Å². The molecule has 3 heterocycles. The van der Waals surface area contributed by atoms with Crippen LogP contribution in [0.4, 0.5) is 0 Å². The van der Waals surface area contributed by atoms with Crippen LogP contribution in [0.2, 0.25) is 0 Å². The van der Waals surface area contributed by atoms with Gasteiger partial charge in [-0.15, -0.1) is 11.3 Å². The maximum atomic E-state index is 12.9. The number of furan rings is 1. The van der Waals surface area contributed by atoms with Gasteiger partial charge >= 0.3 is 0 Å². The third-order valence-electron chi connectivity index (χ3n) is 4.85. The fraction of sp³-hybridized carbons (Fsp3) is 0.190. The van der Waals surface area contributed by atoms with Crippen molar-refractivity contribution >= 4 is 27.8 Å². The van der Waals surface area contributed by atoms with Gasteiger partial charge in [0.15, 0.2) is 0 Å². The number of hydrogen-bond acceptors (Lipinski definition) is 5. The lowest BCUT2D eigenvalue weighted by atomic mass is 9.97. The summed E-state index contributed by atoms with van der Waals surface area (Å²) in [5.74, 6) is 1.36. The number of benzene rings is 1. The summed E-state index contributed by atoms with van der Waals surface area (Å²) in [7, 11) is 0. The average molecular weight is 375 g/mol. The van der Waals surface area contributed by atoms with Crippen molar-refractivity contribution in [3.8, 4) is 11.3 Å². The summed E-state index contributed by atoms with van der Waals surface area (Å²) < 4.78 is 7.11. The van der Waals surface area contributed by atoms with Crippen molar-refractivity contribution in [3.63, 3.8) is 0 Å². The smallest absolute Gasteiger partial charge is 0.282 e. The first-order valence-electron chi connectivity index (χ1n) is 9.01. The largest absolute Gasteiger partial charge is 0.455 e. The molecule has 0 saturated carbocycles. The number of thiophene rings is 1. The van der Waals surface area contributed by atoms with Crippen LogP contribution in [0.15, 0.2) is 63.1 Å². The minimum Gasteiger partial charge on any atom is -0.455 e. The Morgan fingerprint density at radius 1 is 1.11 bits per heavy atom. The molecule has 134 valence electrons. The minimum atomic E-state index is -0.106. The molecule has 1 aromatic carbocycles. The molecule has 0 atom stereocenters. The zero-order chi connectivity index (χ0) is 18.2. The number of hydrogen-bond donors (Lipinski definition) is 0. The van der Waals surface area contributed by atoms with E-state index in [4.69, 9.17) is 4.42 Å². The van der Waals surface area contributed by atoms with Crippen LogP contribution in [0.3, 0.4) is 0 Å². The minimum absolute atomic E-state index is 0.106. The molecule has 0 radical (unpaired) electrons. The van der Waals surface area contributed by atoms with E-state index in [1.807, 2.05) is 42.5 Å². The first kappa shape index (κ1) is 16.2. The molecule has 5 nitrogen and oxygen atoms in total. The summed E-state index contributed by atoms with van der Waals surface area (Å²) in [5, 5.41) is 5.02. The van der Waals surface area contributed by atoms with E-state index >= 15 is 0 Å². The van der Waals surface area contributed by atoms with E-state index in [9.17, 15) is 4.79 Å². The predicted octanol–water partition coefficient (Wildman–Crippen LogP) is 4.48. The fourth-order valence-electron chi connectivity index (χ4n) is 3.52. The summed E-state index contributed by atoms with van der Waals surface area (Å²) in [6.45, 7) is 0. The van der Waals surface area contributed by atoms with Gasteiger partial charge in [0.2, 0.25) is 0 Å². The predicted molar refractivity (Wildman–Crippen MR) is 108 cm³/mol. The number of rotatable bonds is 3. The molecule has 4 aromatic rings. The molecule has 6 heteroatoms. The summed E-state index contributed by atoms with van der Waals surface area (Å²) in [4.78, 5) is 19.5. The van der Waals surface area contributed by atoms with Gasteiger partial charge in [-0.2, -0.15) is 9.78 Å². The van der Waals surface area contributed by atoms with Crippen molar-refractivity contribution in [2.24, 2.45) is 5.10 Å². The number of aryl methyl sites for hydroxylation is 2. The lowest BCUT2D eigenvalue weighted by molar-refractivity contribution is 0.574. The maximum absolute atomic E-state index is 12.9. The summed E-state index contributed by atoms with van der Waals surface area (Å²) in [6, 6.07) is 13.6. The van der Waals surface area contributed by atoms with E-state index in [1.54, 1.807) is 17.6 Å². The molecule has 1 aliphatic carbocycles. The van der Waals surface area contributed by atoms with Crippen LogP contribution in [0, 0.1) is 0 Å². The average Bonchev–Trinajstić information content (AvgIpc) is 3.33. The quantitative estimate of drug-likeness (QED) is 0.496. The Kier molecular flexibility index (Phi) is 3.98. The first-order valence-corrected chi connectivity index (χ1v) is 9.83. The molecule has 0 aliphatic heterocycles. The van der Waals surface area contributed by atoms with Crippen LogP contribution in [0.25, 0.3) is 21.5 Å². The topological polar surface area (TPSA) is 60.4 Å². The molecule has 3 aromatic heterocycles. The molecule has 5 rings (SSSR count). The molecule has 0 unspecified atom stereocenters. The second-order valence-corrected chi connectivity index (χ2v) is 7.68. The van der Waals surface area contributed by atoms with Crippen molar-refractivity contribution in [2.75, 3.05) is 0 Å². The Bertz CT molecular complexity index is 1200. The van der Waals surface area contributed by atoms with Crippen LogP contribution in [0.1, 0.15) is 29.0 Å². The molecule has 0 saturated heterocycles. The van der Waals surface area contributed by atoms with Crippen molar-refractivity contribution in [1.82, 2.24) is 9.66 Å². The van der Waals surface area contributed by atoms with Gasteiger partial charge in [-0.25, -0.2) is 4.98 Å². The molecular formula is C21H17N3O2S. The second-order valence-electron chi connectivity index (χ2n) is 6.60. The van der Waals surface area contributed by atoms with Gasteiger partial charge in [-0.3, -0.25) is 4.79 Å². The second kappa shape index (κ2) is 6.63. The van der Waals surface area contributed by atoms with E-state index < -0.39 is 0 Å². The highest BCUT2D eigenvalue weighted by atomic mass is 32.1. The van der Waals surface area contributed by atoms with Gasteiger partial charge in [0.1, 0.15) is 22.7 Å². The van der Waals surface area contributed by atoms with Gasteiger partial charge in [0, 0.05) is 10.4 Å². The number of nitrogens with zero attached hydrogens (tertiary/aromatic N) is 3. The first-order chi connectivity index (χ1) is 13.3. The molecular weight excluding hydrogens is 358 g/mol. The lowest BCUT2D eigenvalue weighted by Crippen LogP contribution is -2.17. The summed E-state index contributed by atoms with van der Waals surface area (Å²) in [5.41, 5.74) is 2.07. The van der Waals surface area contributed by atoms with Crippen LogP contribution in [0.5, 0.6) is 0 Å². The Labute approximate surface area is 159 Å². The highest BCUT2D eigenvalue weighted by molar-refractivity contribution is 7.18. The standard InChI is InChI=1S/C21H17N3O2S/c25-21-19-16-8-4-5-9-18(16)27-20(19)22-13-24(21)23-12-15-10-11-17(26-15)14-6-2-1-3-7-14/h1-3,6-7,10-13H,4-5,8-9H2/b23-12-. The van der Waals surface area contributed by atoms with Gasteiger partial charge in [-0.1, -0.05) is 30.3 Å². The van der Waals surface area contributed by atoms with E-state index in [1.165, 1.54) is 27.9 Å². The monoisotopic (exact) mass is 375 g/mol. The molecule has 1 aliphatic rings. The van der Waals surface area contributed by atoms with E-state index in [2.05, 4.69) is 10.1 Å². The van der Waals surface area contributed by atoms with Gasteiger partial charge in [0.25, 0.3) is 5.56 Å². The SMILES string of the molecule is O=c1c2c3c(sc2ncn1/N=C\c1ccc(-c2ccccc2)o1)CCCC3. The van der Waals surface area contributed by atoms with Crippen LogP contribution >= 0.6 is 11.3 Å². The fourth-order valence-corrected chi connectivity index (χ4v) is 4.74. The van der Waals surface area contributed by atoms with E-state index in [0.717, 1.165) is 40.8 Å². The van der Waals surface area contributed by atoms with Crippen molar-refractivity contribution < 1.29 is 4.42 Å². The Balaban J connectivity index is 1.49. The zero-order valence-corrected chi connectivity index (χ0v) is 15.4. The maximum Gasteiger partial charge on any atom is 0.282 e. The molecule has 0 fully saturated rings. The third kappa shape index (κ3) is 2.92. The zero-order valence-electron chi connectivity index (χ0n) is 14.6. The van der Waals surface area contributed by atoms with Gasteiger partial charge in [-0.05, 0) is 43.4 Å². The highest BCUT2D eigenvalue weighted by Gasteiger charge is 2.19. The van der Waals surface area contributed by atoms with Gasteiger partial charge < -0.3 is 4.42 Å². The molecule has 0 spiro atoms. The Morgan fingerprint density at radius 3 is 2.85 bits per heavy atom. The molecule has 27 heavy (non-hydrogen) atoms. The van der Waals surface area contributed by atoms with E-state index in [0.29, 0.717) is 5.76 Å². The van der Waals surface area contributed by atoms with Gasteiger partial charge in [0.05, 0.1) is 11.6 Å². The van der Waals surface area contributed by atoms with Crippen molar-refractivity contribution in [3.05, 3.63) is 75.3 Å². The van der Waals surface area contributed by atoms with Crippen LogP contribution in [-0.2, 0) is 12.8 Å². The number of aromatic nitrogens is 2. The normalized spacial score (nSPS) is 14.1. The third-order valence-corrected chi connectivity index (χ3v) is 6.05. The molecule has 0 N–H and O–H groups in total. The summed E-state index contributed by atoms with van der Waals surface area (Å²) >= 11 is 1.64. The van der Waals surface area contributed by atoms with Crippen molar-refractivity contribution in [2.45, 2.75) is 25.7 Å². The highest BCUT2D eigenvalue weighted by Crippen LogP contribution is 2.33. The summed E-state index contributed by atoms with van der Waals surface area (Å²) in [6.07, 6.45) is 7.37. The molecule has 0 bridgehead atoms. The molecule has 0 amide bonds. The van der Waals surface area contributed by atoms with Crippen molar-refractivity contribution in [1.29, 1.82) is 0 Å². The lowest BCUT2D eigenvalue weighted by Gasteiger charge is -2.09. The number of fused-ring (bicyclic) bond motifs is 3. The Hall–Kier alpha value is -2.99.